The number of ether oxygens (including phenoxy) is 1. The number of amides is 2. The summed E-state index contributed by atoms with van der Waals surface area (Å²) in [5, 5.41) is 44.2. The van der Waals surface area contributed by atoms with Gasteiger partial charge in [0.05, 0.1) is 24.8 Å². The van der Waals surface area contributed by atoms with Gasteiger partial charge in [0.1, 0.15) is 36.6 Å². The summed E-state index contributed by atoms with van der Waals surface area (Å²) in [6, 6.07) is 16.2. The van der Waals surface area contributed by atoms with Gasteiger partial charge >= 0.3 is 0 Å². The normalized spacial score (nSPS) is 24.4. The van der Waals surface area contributed by atoms with Crippen LogP contribution in [0.15, 0.2) is 90.8 Å². The molecule has 3 aliphatic heterocycles. The number of hydrogen-bond donors (Lipinski definition) is 5. The Morgan fingerprint density at radius 2 is 1.68 bits per heavy atom. The first-order valence-corrected chi connectivity index (χ1v) is 20.0. The molecule has 304 valence electrons. The first kappa shape index (κ1) is 41.7. The fraction of sp³-hybridized carbons (Fsp3) is 0.477. The third-order valence-corrected chi connectivity index (χ3v) is 11.5. The monoisotopic (exact) mass is 780 g/mol. The summed E-state index contributed by atoms with van der Waals surface area (Å²) in [6.07, 6.45) is 10.4. The Balaban J connectivity index is 1.03. The molecule has 6 rings (SSSR count). The summed E-state index contributed by atoms with van der Waals surface area (Å²) < 4.78 is 9.49. The van der Waals surface area contributed by atoms with Gasteiger partial charge < -0.3 is 35.6 Å². The zero-order valence-electron chi connectivity index (χ0n) is 33.9. The lowest BCUT2D eigenvalue weighted by Crippen LogP contribution is -2.62. The van der Waals surface area contributed by atoms with E-state index >= 15 is 0 Å². The molecule has 0 saturated carbocycles. The Labute approximate surface area is 335 Å². The highest BCUT2D eigenvalue weighted by molar-refractivity contribution is 6.03. The Hall–Kier alpha value is -4.95. The minimum Gasteiger partial charge on any atom is -0.394 e. The van der Waals surface area contributed by atoms with Crippen molar-refractivity contribution in [3.8, 4) is 0 Å². The highest BCUT2D eigenvalue weighted by Crippen LogP contribution is 2.47. The van der Waals surface area contributed by atoms with Crippen LogP contribution in [0.1, 0.15) is 90.3 Å². The highest BCUT2D eigenvalue weighted by Gasteiger charge is 2.46. The maximum atomic E-state index is 12.8. The number of hydrogen-bond acceptors (Lipinski definition) is 9. The van der Waals surface area contributed by atoms with E-state index in [1.54, 1.807) is 6.20 Å². The van der Waals surface area contributed by atoms with Crippen LogP contribution in [0, 0.1) is 0 Å². The first-order valence-electron chi connectivity index (χ1n) is 20.0. The molecule has 1 aromatic heterocycles. The summed E-state index contributed by atoms with van der Waals surface area (Å²) in [5.74, 6) is -0.541. The van der Waals surface area contributed by atoms with Crippen molar-refractivity contribution in [2.75, 3.05) is 24.6 Å². The second-order valence-corrected chi connectivity index (χ2v) is 16.1. The molecule has 1 unspecified atom stereocenters. The predicted octanol–water partition coefficient (Wildman–Crippen LogP) is 4.46. The van der Waals surface area contributed by atoms with Crippen molar-refractivity contribution in [2.45, 2.75) is 115 Å². The van der Waals surface area contributed by atoms with Gasteiger partial charge in [-0.15, -0.1) is 5.10 Å². The summed E-state index contributed by atoms with van der Waals surface area (Å²) in [7, 11) is 0. The zero-order valence-corrected chi connectivity index (χ0v) is 33.9. The average Bonchev–Trinajstić information content (AvgIpc) is 3.81. The van der Waals surface area contributed by atoms with E-state index in [1.165, 1.54) is 45.5 Å². The molecule has 3 aromatic rings. The fourth-order valence-corrected chi connectivity index (χ4v) is 8.46. The minimum atomic E-state index is -1.41. The molecule has 5 N–H and O–H groups in total. The second-order valence-electron chi connectivity index (χ2n) is 16.1. The number of likely N-dealkylation sites (N-methyl/N-ethyl adjacent to an activating group) is 1. The van der Waals surface area contributed by atoms with E-state index in [2.05, 4.69) is 144 Å². The molecule has 57 heavy (non-hydrogen) atoms. The molecule has 13 heteroatoms. The van der Waals surface area contributed by atoms with Crippen LogP contribution in [-0.2, 0) is 31.7 Å². The van der Waals surface area contributed by atoms with Gasteiger partial charge in [-0.05, 0) is 51.3 Å². The van der Waals surface area contributed by atoms with Gasteiger partial charge in [0.25, 0.3) is 0 Å². The Morgan fingerprint density at radius 1 is 0.947 bits per heavy atom. The third kappa shape index (κ3) is 8.67. The number of anilines is 1. The van der Waals surface area contributed by atoms with Crippen LogP contribution in [0.2, 0.25) is 0 Å². The number of allylic oxidation sites excluding steroid dienone is 6. The molecule has 3 aliphatic rings. The maximum Gasteiger partial charge on any atom is 0.220 e. The molecule has 0 spiro atoms. The van der Waals surface area contributed by atoms with Crippen molar-refractivity contribution in [3.63, 3.8) is 0 Å². The van der Waals surface area contributed by atoms with E-state index in [9.17, 15) is 24.9 Å². The summed E-state index contributed by atoms with van der Waals surface area (Å²) in [6.45, 7) is 14.0. The van der Waals surface area contributed by atoms with E-state index in [-0.39, 0.29) is 23.3 Å². The van der Waals surface area contributed by atoms with Gasteiger partial charge in [-0.25, -0.2) is 4.68 Å². The van der Waals surface area contributed by atoms with Crippen molar-refractivity contribution in [2.24, 2.45) is 0 Å². The Morgan fingerprint density at radius 3 is 2.42 bits per heavy atom. The topological polar surface area (TPSA) is 165 Å². The van der Waals surface area contributed by atoms with Gasteiger partial charge in [-0.3, -0.25) is 9.59 Å². The van der Waals surface area contributed by atoms with Crippen LogP contribution >= 0.6 is 0 Å². The lowest BCUT2D eigenvalue weighted by Gasteiger charge is -2.42. The maximum absolute atomic E-state index is 12.8. The molecule has 2 aromatic carbocycles. The smallest absolute Gasteiger partial charge is 0.220 e. The van der Waals surface area contributed by atoms with Gasteiger partial charge in [-0.2, -0.15) is 4.58 Å². The molecular formula is C44H58N7O6+. The molecule has 1 saturated heterocycles. The molecule has 0 bridgehead atoms. The quantitative estimate of drug-likeness (QED) is 0.0851. The Kier molecular flexibility index (Phi) is 12.9. The summed E-state index contributed by atoms with van der Waals surface area (Å²) >= 11 is 0. The van der Waals surface area contributed by atoms with Gasteiger partial charge in [0.15, 0.2) is 11.9 Å². The van der Waals surface area contributed by atoms with Crippen LogP contribution in [0.25, 0.3) is 0 Å². The SMILES string of the molecule is CCN1\C(=C/C=C/C=C/C2=[N+](CCCCCC(=O)NCc3cn(C4O[C@@H](CO)[C@H](O)[C@H](O)[C@@H]4NC(C)=O)nn3)c3ccccc3C2(C)C)C(C)(C)c2ccccc21. The number of carbonyl (C=O) groups is 2. The number of unbranched alkanes of at least 4 members (excludes halogenated alkanes) is 2. The van der Waals surface area contributed by atoms with E-state index in [0.29, 0.717) is 12.1 Å². The molecule has 13 nitrogen and oxygen atoms in total. The average molecular weight is 781 g/mol. The summed E-state index contributed by atoms with van der Waals surface area (Å²) in [4.78, 5) is 27.0. The number of aliphatic hydroxyl groups is 3. The third-order valence-electron chi connectivity index (χ3n) is 11.5. The van der Waals surface area contributed by atoms with Crippen molar-refractivity contribution >= 4 is 28.9 Å². The Bertz CT molecular complexity index is 2050. The molecule has 0 radical (unpaired) electrons. The number of fused-ring (bicyclic) bond motifs is 2. The molecule has 4 heterocycles. The molecule has 1 fully saturated rings. The largest absolute Gasteiger partial charge is 0.394 e. The van der Waals surface area contributed by atoms with Gasteiger partial charge in [0, 0.05) is 60.8 Å². The zero-order chi connectivity index (χ0) is 40.9. The number of rotatable bonds is 15. The standard InChI is InChI=1S/C44H57N7O6/c1-7-49-33-20-15-13-18-31(33)43(3,4)36(49)22-10-8-11-23-37-44(5,6)32-19-14-16-21-34(32)50(37)25-17-9-12-24-38(54)45-26-30-27-51(48-47-30)42-39(46-29(2)53)41(56)40(55)35(28-52)57-42/h8,10-11,13-16,18-23,27,35,39-42,52,55-56H,7,9,12,17,24-26,28H2,1-6H3,(H-,45,46,53,54)/p+1/t35-,39-,40-,41+,42?/m0/s1. The molecular weight excluding hydrogens is 723 g/mol. The number of carbonyl (C=O) groups excluding carboxylic acids is 2. The number of aromatic nitrogens is 3. The first-order chi connectivity index (χ1) is 27.3. The fourth-order valence-electron chi connectivity index (χ4n) is 8.46. The van der Waals surface area contributed by atoms with Crippen molar-refractivity contribution < 1.29 is 34.2 Å². The van der Waals surface area contributed by atoms with Crippen molar-refractivity contribution in [3.05, 3.63) is 108 Å². The lowest BCUT2D eigenvalue weighted by atomic mass is 9.81. The van der Waals surface area contributed by atoms with Crippen LogP contribution < -0.4 is 15.5 Å². The van der Waals surface area contributed by atoms with Crippen molar-refractivity contribution in [1.29, 1.82) is 0 Å². The van der Waals surface area contributed by atoms with Crippen LogP contribution in [0.5, 0.6) is 0 Å². The van der Waals surface area contributed by atoms with Crippen LogP contribution in [0.4, 0.5) is 11.4 Å². The predicted molar refractivity (Wildman–Crippen MR) is 219 cm³/mol. The number of benzene rings is 2. The van der Waals surface area contributed by atoms with E-state index < -0.39 is 43.1 Å². The summed E-state index contributed by atoms with van der Waals surface area (Å²) in [5.41, 5.74) is 7.93. The van der Waals surface area contributed by atoms with Crippen molar-refractivity contribution in [1.82, 2.24) is 25.6 Å². The van der Waals surface area contributed by atoms with Gasteiger partial charge in [-0.1, -0.05) is 73.7 Å². The van der Waals surface area contributed by atoms with Crippen LogP contribution in [-0.4, -0.2) is 96.5 Å². The highest BCUT2D eigenvalue weighted by atomic mass is 16.5. The number of nitrogens with one attached hydrogen (secondary N) is 2. The number of nitrogens with zero attached hydrogens (tertiary/aromatic N) is 5. The van der Waals surface area contributed by atoms with E-state index in [0.717, 1.165) is 32.4 Å². The van der Waals surface area contributed by atoms with E-state index in [4.69, 9.17) is 4.74 Å². The second kappa shape index (κ2) is 17.7. The lowest BCUT2D eigenvalue weighted by molar-refractivity contribution is -0.438. The van der Waals surface area contributed by atoms with Gasteiger partial charge in [0.2, 0.25) is 17.5 Å². The van der Waals surface area contributed by atoms with E-state index in [1.807, 2.05) is 0 Å². The number of aliphatic hydroxyl groups excluding tert-OH is 3. The minimum absolute atomic E-state index is 0.0704. The van der Waals surface area contributed by atoms with Crippen LogP contribution in [0.3, 0.4) is 0 Å². The molecule has 0 aliphatic carbocycles. The molecule has 5 atom stereocenters. The number of para-hydroxylation sites is 2. The molecule has 2 amide bonds.